The topological polar surface area (TPSA) is 55.6 Å². The van der Waals surface area contributed by atoms with Gasteiger partial charge >= 0.3 is 0 Å². The van der Waals surface area contributed by atoms with E-state index >= 15 is 0 Å². The molecule has 0 N–H and O–H groups in total. The van der Waals surface area contributed by atoms with E-state index in [0.29, 0.717) is 18.9 Å². The molecule has 148 valence electrons. The van der Waals surface area contributed by atoms with E-state index in [9.17, 15) is 4.79 Å². The van der Waals surface area contributed by atoms with Crippen molar-refractivity contribution in [2.45, 2.75) is 53.3 Å². The first-order valence-corrected chi connectivity index (χ1v) is 10.3. The molecule has 2 aromatic heterocycles. The smallest absolute Gasteiger partial charge is 0.290 e. The first kappa shape index (κ1) is 20.1. The maximum atomic E-state index is 12.8. The molecule has 0 aliphatic rings. The number of thiazole rings is 1. The highest BCUT2D eigenvalue weighted by Crippen LogP contribution is 2.21. The summed E-state index contributed by atoms with van der Waals surface area (Å²) < 4.78 is 11.2. The molecule has 0 fully saturated rings. The van der Waals surface area contributed by atoms with E-state index in [4.69, 9.17) is 9.15 Å². The van der Waals surface area contributed by atoms with Crippen LogP contribution in [0, 0.1) is 13.8 Å². The Balaban J connectivity index is 1.65. The Labute approximate surface area is 170 Å². The molecule has 0 spiro atoms. The predicted molar refractivity (Wildman–Crippen MR) is 111 cm³/mol. The second-order valence-corrected chi connectivity index (χ2v) is 7.88. The Morgan fingerprint density at radius 1 is 1.29 bits per heavy atom. The van der Waals surface area contributed by atoms with E-state index in [1.165, 1.54) is 17.4 Å². The van der Waals surface area contributed by atoms with Crippen molar-refractivity contribution in [1.29, 1.82) is 0 Å². The molecule has 0 saturated heterocycles. The second-order valence-electron chi connectivity index (χ2n) is 6.93. The zero-order chi connectivity index (χ0) is 20.1. The SMILES string of the molecule is CC[C@@H](C)N(Cc1csc(COc2ccc(C)c(C)c2)n1)C(=O)c1ccco1. The molecule has 6 heteroatoms. The summed E-state index contributed by atoms with van der Waals surface area (Å²) in [7, 11) is 0. The largest absolute Gasteiger partial charge is 0.486 e. The Morgan fingerprint density at radius 3 is 2.79 bits per heavy atom. The van der Waals surface area contributed by atoms with Crippen molar-refractivity contribution in [3.63, 3.8) is 0 Å². The second kappa shape index (κ2) is 9.06. The minimum absolute atomic E-state index is 0.0922. The number of ether oxygens (including phenoxy) is 1. The van der Waals surface area contributed by atoms with Crippen LogP contribution in [0.1, 0.15) is 52.7 Å². The van der Waals surface area contributed by atoms with Crippen LogP contribution in [0.15, 0.2) is 46.4 Å². The fourth-order valence-corrected chi connectivity index (χ4v) is 3.50. The van der Waals surface area contributed by atoms with Crippen LogP contribution >= 0.6 is 11.3 Å². The number of aryl methyl sites for hydroxylation is 2. The molecule has 0 unspecified atom stereocenters. The van der Waals surface area contributed by atoms with Crippen molar-refractivity contribution < 1.29 is 13.9 Å². The summed E-state index contributed by atoms with van der Waals surface area (Å²) in [5, 5.41) is 2.88. The van der Waals surface area contributed by atoms with Crippen LogP contribution in [0.3, 0.4) is 0 Å². The normalized spacial score (nSPS) is 12.0. The van der Waals surface area contributed by atoms with E-state index in [2.05, 4.69) is 31.8 Å². The molecular weight excluding hydrogens is 372 g/mol. The zero-order valence-corrected chi connectivity index (χ0v) is 17.6. The van der Waals surface area contributed by atoms with Crippen molar-refractivity contribution in [1.82, 2.24) is 9.88 Å². The highest BCUT2D eigenvalue weighted by molar-refractivity contribution is 7.09. The summed E-state index contributed by atoms with van der Waals surface area (Å²) in [5.41, 5.74) is 3.32. The first-order chi connectivity index (χ1) is 13.5. The summed E-state index contributed by atoms with van der Waals surface area (Å²) in [6.07, 6.45) is 2.38. The molecule has 0 aliphatic carbocycles. The number of benzene rings is 1. The molecule has 0 aliphatic heterocycles. The van der Waals surface area contributed by atoms with Crippen molar-refractivity contribution >= 4 is 17.2 Å². The Hall–Kier alpha value is -2.60. The third-order valence-electron chi connectivity index (χ3n) is 4.89. The molecule has 3 aromatic rings. The number of aromatic nitrogens is 1. The summed E-state index contributed by atoms with van der Waals surface area (Å²) in [4.78, 5) is 19.2. The summed E-state index contributed by atoms with van der Waals surface area (Å²) >= 11 is 1.55. The molecule has 2 heterocycles. The van der Waals surface area contributed by atoms with Gasteiger partial charge in [-0.15, -0.1) is 11.3 Å². The number of amides is 1. The summed E-state index contributed by atoms with van der Waals surface area (Å²) in [6.45, 7) is 9.13. The van der Waals surface area contributed by atoms with E-state index in [-0.39, 0.29) is 11.9 Å². The lowest BCUT2D eigenvalue weighted by atomic mass is 10.1. The van der Waals surface area contributed by atoms with E-state index in [1.807, 2.05) is 29.3 Å². The molecule has 0 bridgehead atoms. The average molecular weight is 399 g/mol. The molecule has 5 nitrogen and oxygen atoms in total. The number of hydrogen-bond acceptors (Lipinski definition) is 5. The minimum Gasteiger partial charge on any atom is -0.486 e. The molecule has 1 aromatic carbocycles. The van der Waals surface area contributed by atoms with Gasteiger partial charge in [0.2, 0.25) is 0 Å². The Kier molecular flexibility index (Phi) is 6.52. The van der Waals surface area contributed by atoms with Gasteiger partial charge in [-0.3, -0.25) is 4.79 Å². The summed E-state index contributed by atoms with van der Waals surface area (Å²) in [6, 6.07) is 9.59. The van der Waals surface area contributed by atoms with Crippen LogP contribution in [-0.4, -0.2) is 21.8 Å². The Bertz CT molecular complexity index is 918. The number of nitrogens with zero attached hydrogens (tertiary/aromatic N) is 2. The standard InChI is InChI=1S/C22H26N2O3S/c1-5-17(4)24(22(25)20-7-6-10-26-20)12-18-14-28-21(23-18)13-27-19-9-8-15(2)16(3)11-19/h6-11,14,17H,5,12-13H2,1-4H3/t17-/m1/s1. The third-order valence-corrected chi connectivity index (χ3v) is 5.76. The summed E-state index contributed by atoms with van der Waals surface area (Å²) in [5.74, 6) is 1.09. The Morgan fingerprint density at radius 2 is 2.11 bits per heavy atom. The fourth-order valence-electron chi connectivity index (χ4n) is 2.80. The highest BCUT2D eigenvalue weighted by atomic mass is 32.1. The average Bonchev–Trinajstić information content (AvgIpc) is 3.38. The predicted octanol–water partition coefficient (Wildman–Crippen LogP) is 5.37. The van der Waals surface area contributed by atoms with Crippen molar-refractivity contribution in [3.8, 4) is 5.75 Å². The number of rotatable bonds is 8. The lowest BCUT2D eigenvalue weighted by Gasteiger charge is -2.27. The van der Waals surface area contributed by atoms with Crippen molar-refractivity contribution in [2.24, 2.45) is 0 Å². The minimum atomic E-state index is -0.111. The van der Waals surface area contributed by atoms with Gasteiger partial charge < -0.3 is 14.1 Å². The zero-order valence-electron chi connectivity index (χ0n) is 16.8. The van der Waals surface area contributed by atoms with E-state index < -0.39 is 0 Å². The van der Waals surface area contributed by atoms with E-state index in [1.54, 1.807) is 23.5 Å². The maximum absolute atomic E-state index is 12.8. The van der Waals surface area contributed by atoms with Crippen LogP contribution in [0.4, 0.5) is 0 Å². The van der Waals surface area contributed by atoms with E-state index in [0.717, 1.165) is 22.9 Å². The monoisotopic (exact) mass is 398 g/mol. The van der Waals surface area contributed by atoms with Gasteiger partial charge in [0.15, 0.2) is 5.76 Å². The van der Waals surface area contributed by atoms with Crippen molar-refractivity contribution in [3.05, 3.63) is 69.6 Å². The molecule has 0 saturated carbocycles. The van der Waals surface area contributed by atoms with Crippen LogP contribution in [0.5, 0.6) is 5.75 Å². The van der Waals surface area contributed by atoms with Gasteiger partial charge in [-0.1, -0.05) is 13.0 Å². The van der Waals surface area contributed by atoms with Gasteiger partial charge in [0.25, 0.3) is 5.91 Å². The number of carbonyl (C=O) groups excluding carboxylic acids is 1. The van der Waals surface area contributed by atoms with Crippen LogP contribution in [0.2, 0.25) is 0 Å². The fraction of sp³-hybridized carbons (Fsp3) is 0.364. The van der Waals surface area contributed by atoms with Crippen molar-refractivity contribution in [2.75, 3.05) is 0 Å². The molecule has 1 amide bonds. The number of carbonyl (C=O) groups is 1. The van der Waals surface area contributed by atoms with Gasteiger partial charge in [-0.25, -0.2) is 4.98 Å². The van der Waals surface area contributed by atoms with Gasteiger partial charge in [0.1, 0.15) is 17.4 Å². The van der Waals surface area contributed by atoms with Gasteiger partial charge in [0.05, 0.1) is 18.5 Å². The molecule has 1 atom stereocenters. The molecular formula is C22H26N2O3S. The molecule has 3 rings (SSSR count). The maximum Gasteiger partial charge on any atom is 0.290 e. The highest BCUT2D eigenvalue weighted by Gasteiger charge is 2.23. The van der Waals surface area contributed by atoms with Crippen LogP contribution in [0.25, 0.3) is 0 Å². The first-order valence-electron chi connectivity index (χ1n) is 9.45. The lowest BCUT2D eigenvalue weighted by molar-refractivity contribution is 0.0636. The molecule has 28 heavy (non-hydrogen) atoms. The van der Waals surface area contributed by atoms with Gasteiger partial charge in [-0.2, -0.15) is 0 Å². The van der Waals surface area contributed by atoms with Gasteiger partial charge in [0, 0.05) is 11.4 Å². The lowest BCUT2D eigenvalue weighted by Crippen LogP contribution is -2.37. The van der Waals surface area contributed by atoms with Gasteiger partial charge in [-0.05, 0) is 62.6 Å². The third kappa shape index (κ3) is 4.81. The number of hydrogen-bond donors (Lipinski definition) is 0. The number of furan rings is 1. The van der Waals surface area contributed by atoms with Crippen LogP contribution < -0.4 is 4.74 Å². The quantitative estimate of drug-likeness (QED) is 0.512. The van der Waals surface area contributed by atoms with Crippen LogP contribution in [-0.2, 0) is 13.2 Å². The molecule has 0 radical (unpaired) electrons.